The van der Waals surface area contributed by atoms with E-state index in [2.05, 4.69) is 0 Å². The van der Waals surface area contributed by atoms with Gasteiger partial charge >= 0.3 is 0 Å². The summed E-state index contributed by atoms with van der Waals surface area (Å²) < 4.78 is 11.7. The Bertz CT molecular complexity index is 652. The van der Waals surface area contributed by atoms with Crippen LogP contribution < -0.4 is 15.2 Å². The molecule has 0 saturated carbocycles. The number of amides is 1. The maximum absolute atomic E-state index is 10.9. The van der Waals surface area contributed by atoms with E-state index >= 15 is 0 Å². The minimum atomic E-state index is -0.306. The monoisotopic (exact) mass is 297 g/mol. The van der Waals surface area contributed by atoms with Crippen molar-refractivity contribution in [1.29, 1.82) is 0 Å². The first-order valence-corrected chi connectivity index (χ1v) is 7.45. The van der Waals surface area contributed by atoms with E-state index in [0.717, 1.165) is 29.9 Å². The third-order valence-electron chi connectivity index (χ3n) is 3.72. The van der Waals surface area contributed by atoms with Crippen LogP contribution in [0.25, 0.3) is 0 Å². The lowest BCUT2D eigenvalue weighted by Crippen LogP contribution is -2.29. The van der Waals surface area contributed by atoms with Crippen LogP contribution in [0.5, 0.6) is 11.5 Å². The van der Waals surface area contributed by atoms with Crippen molar-refractivity contribution < 1.29 is 14.3 Å². The van der Waals surface area contributed by atoms with Gasteiger partial charge in [0.15, 0.2) is 11.5 Å². The molecule has 1 unspecified atom stereocenters. The molecular weight excluding hydrogens is 278 g/mol. The van der Waals surface area contributed by atoms with Crippen molar-refractivity contribution in [3.8, 4) is 11.5 Å². The molecule has 1 atom stereocenters. The number of para-hydroxylation sites is 2. The van der Waals surface area contributed by atoms with E-state index in [1.165, 1.54) is 5.56 Å². The number of benzene rings is 2. The van der Waals surface area contributed by atoms with Crippen molar-refractivity contribution in [2.75, 3.05) is 6.61 Å². The molecule has 0 aliphatic carbocycles. The summed E-state index contributed by atoms with van der Waals surface area (Å²) in [6.45, 7) is 0.580. The average molecular weight is 297 g/mol. The van der Waals surface area contributed by atoms with Gasteiger partial charge in [-0.05, 0) is 36.1 Å². The molecule has 0 aromatic heterocycles. The third kappa shape index (κ3) is 3.58. The van der Waals surface area contributed by atoms with Crippen molar-refractivity contribution in [1.82, 2.24) is 0 Å². The van der Waals surface area contributed by atoms with Crippen LogP contribution in [-0.2, 0) is 17.6 Å². The fourth-order valence-electron chi connectivity index (χ4n) is 2.56. The number of nitrogens with two attached hydrogens (primary N) is 1. The zero-order valence-corrected chi connectivity index (χ0v) is 12.3. The maximum atomic E-state index is 10.9. The quantitative estimate of drug-likeness (QED) is 0.922. The molecule has 2 aromatic carbocycles. The number of ether oxygens (including phenoxy) is 2. The first kappa shape index (κ1) is 14.4. The molecule has 0 fully saturated rings. The molecule has 3 rings (SSSR count). The van der Waals surface area contributed by atoms with Gasteiger partial charge in [0.25, 0.3) is 0 Å². The van der Waals surface area contributed by atoms with Crippen LogP contribution >= 0.6 is 0 Å². The molecule has 2 N–H and O–H groups in total. The SMILES string of the molecule is NC(=O)Cc1ccc(CCC2COc3ccccc3O2)cc1. The van der Waals surface area contributed by atoms with E-state index in [9.17, 15) is 4.79 Å². The van der Waals surface area contributed by atoms with E-state index in [1.807, 2.05) is 48.5 Å². The molecule has 0 bridgehead atoms. The Morgan fingerprint density at radius 2 is 1.73 bits per heavy atom. The lowest BCUT2D eigenvalue weighted by molar-refractivity contribution is -0.117. The fourth-order valence-corrected chi connectivity index (χ4v) is 2.56. The van der Waals surface area contributed by atoms with Gasteiger partial charge in [-0.2, -0.15) is 0 Å². The van der Waals surface area contributed by atoms with E-state index in [4.69, 9.17) is 15.2 Å². The normalized spacial score (nSPS) is 16.3. The maximum Gasteiger partial charge on any atom is 0.221 e. The average Bonchev–Trinajstić information content (AvgIpc) is 2.53. The molecule has 4 nitrogen and oxygen atoms in total. The molecule has 0 saturated heterocycles. The summed E-state index contributed by atoms with van der Waals surface area (Å²) in [6, 6.07) is 15.7. The number of rotatable bonds is 5. The second-order valence-corrected chi connectivity index (χ2v) is 5.50. The molecule has 1 amide bonds. The molecule has 114 valence electrons. The van der Waals surface area contributed by atoms with Gasteiger partial charge in [-0.15, -0.1) is 0 Å². The Morgan fingerprint density at radius 1 is 1.05 bits per heavy atom. The summed E-state index contributed by atoms with van der Waals surface area (Å²) in [5.41, 5.74) is 7.35. The van der Waals surface area contributed by atoms with Gasteiger partial charge in [-0.1, -0.05) is 36.4 Å². The van der Waals surface area contributed by atoms with Crippen LogP contribution in [0.15, 0.2) is 48.5 Å². The molecule has 22 heavy (non-hydrogen) atoms. The second kappa shape index (κ2) is 6.52. The predicted molar refractivity (Wildman–Crippen MR) is 84.0 cm³/mol. The molecule has 2 aromatic rings. The van der Waals surface area contributed by atoms with Gasteiger partial charge in [0.05, 0.1) is 6.42 Å². The highest BCUT2D eigenvalue weighted by Gasteiger charge is 2.20. The van der Waals surface area contributed by atoms with Gasteiger partial charge < -0.3 is 15.2 Å². The van der Waals surface area contributed by atoms with Crippen LogP contribution in [0.4, 0.5) is 0 Å². The number of aryl methyl sites for hydroxylation is 1. The predicted octanol–water partition coefficient (Wildman–Crippen LogP) is 2.49. The summed E-state index contributed by atoms with van der Waals surface area (Å²) in [5, 5.41) is 0. The minimum Gasteiger partial charge on any atom is -0.486 e. The van der Waals surface area contributed by atoms with Crippen molar-refractivity contribution in [2.45, 2.75) is 25.4 Å². The summed E-state index contributed by atoms with van der Waals surface area (Å²) in [7, 11) is 0. The summed E-state index contributed by atoms with van der Waals surface area (Å²) >= 11 is 0. The van der Waals surface area contributed by atoms with Crippen molar-refractivity contribution in [2.24, 2.45) is 5.73 Å². The molecule has 0 spiro atoms. The van der Waals surface area contributed by atoms with Crippen LogP contribution in [0, 0.1) is 0 Å². The number of carbonyl (C=O) groups excluding carboxylic acids is 1. The highest BCUT2D eigenvalue weighted by Crippen LogP contribution is 2.31. The van der Waals surface area contributed by atoms with E-state index < -0.39 is 0 Å². The van der Waals surface area contributed by atoms with Crippen LogP contribution in [-0.4, -0.2) is 18.6 Å². The van der Waals surface area contributed by atoms with Crippen molar-refractivity contribution >= 4 is 5.91 Å². The van der Waals surface area contributed by atoms with Gasteiger partial charge in [0.1, 0.15) is 12.7 Å². The Balaban J connectivity index is 1.54. The van der Waals surface area contributed by atoms with Gasteiger partial charge in [-0.25, -0.2) is 0 Å². The molecular formula is C18H19NO3. The summed E-state index contributed by atoms with van der Waals surface area (Å²) in [4.78, 5) is 10.9. The summed E-state index contributed by atoms with van der Waals surface area (Å²) in [6.07, 6.45) is 2.16. The van der Waals surface area contributed by atoms with Gasteiger partial charge in [-0.3, -0.25) is 4.79 Å². The zero-order valence-electron chi connectivity index (χ0n) is 12.3. The molecule has 1 aliphatic rings. The highest BCUT2D eigenvalue weighted by atomic mass is 16.6. The fraction of sp³-hybridized carbons (Fsp3) is 0.278. The first-order chi connectivity index (χ1) is 10.7. The second-order valence-electron chi connectivity index (χ2n) is 5.50. The number of primary amides is 1. The first-order valence-electron chi connectivity index (χ1n) is 7.45. The minimum absolute atomic E-state index is 0.0696. The van der Waals surface area contributed by atoms with Crippen molar-refractivity contribution in [3.05, 3.63) is 59.7 Å². The Labute approximate surface area is 129 Å². The lowest BCUT2D eigenvalue weighted by atomic mass is 10.0. The number of hydrogen-bond acceptors (Lipinski definition) is 3. The standard InChI is InChI=1S/C18H19NO3/c19-18(20)11-14-7-5-13(6-8-14)9-10-15-12-21-16-3-1-2-4-17(16)22-15/h1-8,15H,9-12H2,(H2,19,20). The van der Waals surface area contributed by atoms with E-state index in [0.29, 0.717) is 6.61 Å². The van der Waals surface area contributed by atoms with Crippen LogP contribution in [0.2, 0.25) is 0 Å². The van der Waals surface area contributed by atoms with Crippen molar-refractivity contribution in [3.63, 3.8) is 0 Å². The topological polar surface area (TPSA) is 61.6 Å². The largest absolute Gasteiger partial charge is 0.486 e. The van der Waals surface area contributed by atoms with Gasteiger partial charge in [0.2, 0.25) is 5.91 Å². The van der Waals surface area contributed by atoms with Crippen LogP contribution in [0.1, 0.15) is 17.5 Å². The zero-order chi connectivity index (χ0) is 15.4. The Hall–Kier alpha value is -2.49. The lowest BCUT2D eigenvalue weighted by Gasteiger charge is -2.26. The third-order valence-corrected chi connectivity index (χ3v) is 3.72. The van der Waals surface area contributed by atoms with E-state index in [1.54, 1.807) is 0 Å². The van der Waals surface area contributed by atoms with E-state index in [-0.39, 0.29) is 18.4 Å². The smallest absolute Gasteiger partial charge is 0.221 e. The van der Waals surface area contributed by atoms with Crippen LogP contribution in [0.3, 0.4) is 0 Å². The number of fused-ring (bicyclic) bond motifs is 1. The molecule has 1 aliphatic heterocycles. The molecule has 4 heteroatoms. The summed E-state index contributed by atoms with van der Waals surface area (Å²) in [5.74, 6) is 1.32. The van der Waals surface area contributed by atoms with Gasteiger partial charge in [0, 0.05) is 0 Å². The Kier molecular flexibility index (Phi) is 4.28. The number of carbonyl (C=O) groups is 1. The molecule has 0 radical (unpaired) electrons. The Morgan fingerprint density at radius 3 is 2.45 bits per heavy atom. The highest BCUT2D eigenvalue weighted by molar-refractivity contribution is 5.76. The number of hydrogen-bond donors (Lipinski definition) is 1. The molecule has 1 heterocycles.